The van der Waals surface area contributed by atoms with Gasteiger partial charge in [0.2, 0.25) is 0 Å². The first-order chi connectivity index (χ1) is 10.4. The second-order valence-corrected chi connectivity index (χ2v) is 4.64. The van der Waals surface area contributed by atoms with Gasteiger partial charge in [0.05, 0.1) is 0 Å². The van der Waals surface area contributed by atoms with E-state index in [1.807, 2.05) is 78.9 Å². The first-order valence-corrected chi connectivity index (χ1v) is 6.76. The maximum absolute atomic E-state index is 9.12. The van der Waals surface area contributed by atoms with Crippen molar-refractivity contribution >= 4 is 7.69 Å². The Balaban J connectivity index is 2.18. The predicted octanol–water partition coefficient (Wildman–Crippen LogP) is 3.93. The molecule has 1 radical (unpaired) electrons. The Labute approximate surface area is 125 Å². The largest absolute Gasteiger partial charge is 0.569 e. The fourth-order valence-electron chi connectivity index (χ4n) is 2.41. The lowest BCUT2D eigenvalue weighted by Gasteiger charge is -2.15. The highest BCUT2D eigenvalue weighted by Crippen LogP contribution is 2.38. The molecule has 21 heavy (non-hydrogen) atoms. The molecule has 0 bridgehead atoms. The molecular weight excluding hydrogens is 259 g/mol. The topological polar surface area (TPSA) is 29.5 Å². The first kappa shape index (κ1) is 13.5. The molecular formula is C18H14BO2. The van der Waals surface area contributed by atoms with Crippen LogP contribution in [0.1, 0.15) is 0 Å². The molecule has 0 spiro atoms. The van der Waals surface area contributed by atoms with E-state index in [1.165, 1.54) is 0 Å². The highest BCUT2D eigenvalue weighted by Gasteiger charge is 2.13. The summed E-state index contributed by atoms with van der Waals surface area (Å²) in [5, 5.41) is 9.12. The maximum Gasteiger partial charge on any atom is 0.569 e. The van der Waals surface area contributed by atoms with Crippen molar-refractivity contribution in [3.05, 3.63) is 78.9 Å². The second kappa shape index (κ2) is 6.29. The SMILES string of the molecule is O[B]Oc1c(-c2ccccc2)cccc1-c1ccccc1. The maximum atomic E-state index is 9.12. The molecule has 0 fully saturated rings. The zero-order valence-electron chi connectivity index (χ0n) is 11.4. The Morgan fingerprint density at radius 3 is 1.52 bits per heavy atom. The van der Waals surface area contributed by atoms with E-state index in [2.05, 4.69) is 0 Å². The molecule has 1 N–H and O–H groups in total. The minimum absolute atomic E-state index is 0.650. The van der Waals surface area contributed by atoms with Gasteiger partial charge < -0.3 is 9.68 Å². The Morgan fingerprint density at radius 2 is 1.10 bits per heavy atom. The van der Waals surface area contributed by atoms with Crippen molar-refractivity contribution in [3.8, 4) is 28.0 Å². The smallest absolute Gasteiger partial charge is 0.537 e. The van der Waals surface area contributed by atoms with Crippen LogP contribution < -0.4 is 4.65 Å². The lowest BCUT2D eigenvalue weighted by Crippen LogP contribution is -2.03. The van der Waals surface area contributed by atoms with Crippen molar-refractivity contribution in [3.63, 3.8) is 0 Å². The van der Waals surface area contributed by atoms with E-state index in [9.17, 15) is 0 Å². The summed E-state index contributed by atoms with van der Waals surface area (Å²) in [5.74, 6) is 0.650. The van der Waals surface area contributed by atoms with Crippen molar-refractivity contribution in [2.24, 2.45) is 0 Å². The first-order valence-electron chi connectivity index (χ1n) is 6.76. The second-order valence-electron chi connectivity index (χ2n) is 4.64. The number of benzene rings is 3. The Morgan fingerprint density at radius 1 is 0.619 bits per heavy atom. The van der Waals surface area contributed by atoms with Crippen LogP contribution in [0.5, 0.6) is 5.75 Å². The minimum atomic E-state index is 0.650. The quantitative estimate of drug-likeness (QED) is 0.730. The third-order valence-corrected chi connectivity index (χ3v) is 3.36. The van der Waals surface area contributed by atoms with Crippen LogP contribution in [-0.2, 0) is 0 Å². The number of hydrogen-bond acceptors (Lipinski definition) is 2. The molecule has 0 atom stereocenters. The third kappa shape index (κ3) is 2.83. The van der Waals surface area contributed by atoms with Crippen LogP contribution in [-0.4, -0.2) is 12.7 Å². The molecule has 0 saturated carbocycles. The van der Waals surface area contributed by atoms with Crippen LogP contribution in [0.25, 0.3) is 22.3 Å². The van der Waals surface area contributed by atoms with Crippen molar-refractivity contribution < 1.29 is 9.68 Å². The third-order valence-electron chi connectivity index (χ3n) is 3.36. The average molecular weight is 273 g/mol. The van der Waals surface area contributed by atoms with Gasteiger partial charge in [-0.1, -0.05) is 78.9 Å². The molecule has 3 aromatic rings. The Hall–Kier alpha value is -2.52. The molecule has 0 aromatic heterocycles. The summed E-state index contributed by atoms with van der Waals surface area (Å²) in [6.07, 6.45) is 0. The van der Waals surface area contributed by atoms with E-state index in [-0.39, 0.29) is 0 Å². The highest BCUT2D eigenvalue weighted by atomic mass is 16.5. The summed E-state index contributed by atoms with van der Waals surface area (Å²) < 4.78 is 5.41. The van der Waals surface area contributed by atoms with Crippen molar-refractivity contribution in [1.29, 1.82) is 0 Å². The summed E-state index contributed by atoms with van der Waals surface area (Å²) in [6, 6.07) is 25.9. The standard InChI is InChI=1S/C18H14BO2/c20-19-21-18-16(14-8-3-1-4-9-14)12-7-13-17(18)15-10-5-2-6-11-15/h1-13,20H. The monoisotopic (exact) mass is 273 g/mol. The molecule has 0 aliphatic heterocycles. The van der Waals surface area contributed by atoms with Crippen LogP contribution in [0.2, 0.25) is 0 Å². The molecule has 3 rings (SSSR count). The molecule has 2 nitrogen and oxygen atoms in total. The van der Waals surface area contributed by atoms with Crippen molar-refractivity contribution in [2.45, 2.75) is 0 Å². The van der Waals surface area contributed by atoms with Gasteiger partial charge in [0, 0.05) is 11.1 Å². The van der Waals surface area contributed by atoms with Gasteiger partial charge >= 0.3 is 7.69 Å². The number of para-hydroxylation sites is 1. The lowest BCUT2D eigenvalue weighted by molar-refractivity contribution is 0.455. The van der Waals surface area contributed by atoms with E-state index in [1.54, 1.807) is 0 Å². The molecule has 0 aliphatic rings. The van der Waals surface area contributed by atoms with E-state index in [4.69, 9.17) is 9.68 Å². The van der Waals surface area contributed by atoms with Crippen LogP contribution in [0.4, 0.5) is 0 Å². The van der Waals surface area contributed by atoms with Crippen LogP contribution in [0, 0.1) is 0 Å². The Kier molecular flexibility index (Phi) is 4.03. The van der Waals surface area contributed by atoms with Gasteiger partial charge in [0.25, 0.3) is 0 Å². The van der Waals surface area contributed by atoms with E-state index in [0.29, 0.717) is 5.75 Å². The molecule has 0 saturated heterocycles. The molecule has 0 amide bonds. The van der Waals surface area contributed by atoms with Crippen molar-refractivity contribution in [1.82, 2.24) is 0 Å². The molecule has 101 valence electrons. The van der Waals surface area contributed by atoms with E-state index < -0.39 is 0 Å². The molecule has 0 unspecified atom stereocenters. The van der Waals surface area contributed by atoms with Crippen LogP contribution in [0.3, 0.4) is 0 Å². The minimum Gasteiger partial charge on any atom is -0.537 e. The molecule has 3 heteroatoms. The van der Waals surface area contributed by atoms with Crippen LogP contribution in [0.15, 0.2) is 78.9 Å². The summed E-state index contributed by atoms with van der Waals surface area (Å²) in [4.78, 5) is 0. The summed E-state index contributed by atoms with van der Waals surface area (Å²) >= 11 is 0. The van der Waals surface area contributed by atoms with Crippen molar-refractivity contribution in [2.75, 3.05) is 0 Å². The molecule has 3 aromatic carbocycles. The fraction of sp³-hybridized carbons (Fsp3) is 0. The highest BCUT2D eigenvalue weighted by molar-refractivity contribution is 6.18. The predicted molar refractivity (Wildman–Crippen MR) is 85.9 cm³/mol. The zero-order valence-corrected chi connectivity index (χ0v) is 11.4. The molecule has 0 heterocycles. The van der Waals surface area contributed by atoms with Gasteiger partial charge in [0.1, 0.15) is 5.75 Å². The number of hydrogen-bond donors (Lipinski definition) is 1. The summed E-state index contributed by atoms with van der Waals surface area (Å²) in [5.41, 5.74) is 3.99. The fourth-order valence-corrected chi connectivity index (χ4v) is 2.41. The number of rotatable bonds is 4. The average Bonchev–Trinajstić information content (AvgIpc) is 2.57. The zero-order chi connectivity index (χ0) is 14.5. The normalized spacial score (nSPS) is 10.1. The lowest BCUT2D eigenvalue weighted by atomic mass is 9.97. The van der Waals surface area contributed by atoms with Gasteiger partial charge in [-0.15, -0.1) is 0 Å². The van der Waals surface area contributed by atoms with Gasteiger partial charge in [0.15, 0.2) is 0 Å². The van der Waals surface area contributed by atoms with Gasteiger partial charge in [-0.3, -0.25) is 0 Å². The summed E-state index contributed by atoms with van der Waals surface area (Å²) in [6.45, 7) is 0. The van der Waals surface area contributed by atoms with Gasteiger partial charge in [-0.2, -0.15) is 0 Å². The Bertz CT molecular complexity index is 654. The van der Waals surface area contributed by atoms with Crippen LogP contribution >= 0.6 is 0 Å². The summed E-state index contributed by atoms with van der Waals surface area (Å²) in [7, 11) is 0.730. The molecule has 0 aliphatic carbocycles. The van der Waals surface area contributed by atoms with E-state index in [0.717, 1.165) is 29.9 Å². The van der Waals surface area contributed by atoms with E-state index >= 15 is 0 Å². The van der Waals surface area contributed by atoms with Gasteiger partial charge in [-0.25, -0.2) is 0 Å². The van der Waals surface area contributed by atoms with Gasteiger partial charge in [-0.05, 0) is 11.1 Å².